The molecule has 0 bridgehead atoms. The van der Waals surface area contributed by atoms with Crippen molar-refractivity contribution in [2.75, 3.05) is 6.61 Å². The summed E-state index contributed by atoms with van der Waals surface area (Å²) in [5, 5.41) is 57.1. The monoisotopic (exact) mass is 309 g/mol. The number of hydrogen-bond acceptors (Lipinski definition) is 7. The summed E-state index contributed by atoms with van der Waals surface area (Å²) in [6, 6.07) is -1.22. The molecule has 124 valence electrons. The van der Waals surface area contributed by atoms with Gasteiger partial charge in [0.05, 0.1) is 6.61 Å². The van der Waals surface area contributed by atoms with Crippen molar-refractivity contribution in [2.45, 2.75) is 56.6 Å². The molecule has 0 fully saturated rings. The quantitative estimate of drug-likeness (QED) is 0.227. The molecule has 0 aliphatic heterocycles. The Kier molecular flexibility index (Phi) is 9.06. The predicted molar refractivity (Wildman–Crippen MR) is 70.2 cm³/mol. The van der Waals surface area contributed by atoms with Crippen molar-refractivity contribution < 1.29 is 40.2 Å². The van der Waals surface area contributed by atoms with Crippen LogP contribution in [0.1, 0.15) is 26.2 Å². The standard InChI is InChI=1S/C12H23NO8/c1-2-3-4-6(12(20)21)13-11(19)10(18)9(17)8(16)7(15)5-14/h6-10,14-18H,2-5H2,1H3,(H,13,19)(H,20,21). The van der Waals surface area contributed by atoms with E-state index in [1.54, 1.807) is 0 Å². The van der Waals surface area contributed by atoms with Gasteiger partial charge in [0.25, 0.3) is 5.91 Å². The molecular formula is C12H23NO8. The molecule has 0 radical (unpaired) electrons. The van der Waals surface area contributed by atoms with Gasteiger partial charge in [-0.1, -0.05) is 19.8 Å². The summed E-state index contributed by atoms with van der Waals surface area (Å²) in [6.07, 6.45) is -6.47. The first-order chi connectivity index (χ1) is 9.76. The molecule has 7 N–H and O–H groups in total. The van der Waals surface area contributed by atoms with Gasteiger partial charge >= 0.3 is 5.97 Å². The molecule has 0 spiro atoms. The van der Waals surface area contributed by atoms with E-state index in [1.807, 2.05) is 12.2 Å². The molecule has 0 aromatic carbocycles. The second kappa shape index (κ2) is 9.64. The maximum Gasteiger partial charge on any atom is 0.326 e. The average Bonchev–Trinajstić information content (AvgIpc) is 2.47. The van der Waals surface area contributed by atoms with E-state index in [9.17, 15) is 24.9 Å². The van der Waals surface area contributed by atoms with Crippen LogP contribution in [0.3, 0.4) is 0 Å². The SMILES string of the molecule is CCCCC(NC(=O)C(O)C(O)C(O)C(O)CO)C(=O)O. The Morgan fingerprint density at radius 1 is 1.10 bits per heavy atom. The number of hydrogen-bond donors (Lipinski definition) is 7. The number of amides is 1. The molecule has 0 aliphatic carbocycles. The zero-order valence-corrected chi connectivity index (χ0v) is 11.7. The molecule has 5 atom stereocenters. The van der Waals surface area contributed by atoms with E-state index in [1.165, 1.54) is 0 Å². The van der Waals surface area contributed by atoms with E-state index >= 15 is 0 Å². The first kappa shape index (κ1) is 19.7. The molecule has 5 unspecified atom stereocenters. The van der Waals surface area contributed by atoms with E-state index in [0.717, 1.165) is 0 Å². The molecule has 0 heterocycles. The first-order valence-electron chi connectivity index (χ1n) is 6.62. The normalized spacial score (nSPS) is 18.4. The maximum absolute atomic E-state index is 11.6. The van der Waals surface area contributed by atoms with Crippen LogP contribution in [-0.2, 0) is 9.59 Å². The third kappa shape index (κ3) is 6.36. The molecule has 9 nitrogen and oxygen atoms in total. The number of aliphatic hydroxyl groups is 5. The fraction of sp³-hybridized carbons (Fsp3) is 0.833. The van der Waals surface area contributed by atoms with Crippen LogP contribution in [0.4, 0.5) is 0 Å². The average molecular weight is 309 g/mol. The molecule has 0 saturated heterocycles. The lowest BCUT2D eigenvalue weighted by Crippen LogP contribution is -2.54. The highest BCUT2D eigenvalue weighted by Gasteiger charge is 2.35. The van der Waals surface area contributed by atoms with Gasteiger partial charge < -0.3 is 36.0 Å². The number of carboxylic acids is 1. The van der Waals surface area contributed by atoms with Gasteiger partial charge in [0.15, 0.2) is 6.10 Å². The van der Waals surface area contributed by atoms with Crippen LogP contribution in [0, 0.1) is 0 Å². The van der Waals surface area contributed by atoms with Crippen LogP contribution >= 0.6 is 0 Å². The third-order valence-electron chi connectivity index (χ3n) is 2.98. The van der Waals surface area contributed by atoms with Gasteiger partial charge in [-0.15, -0.1) is 0 Å². The summed E-state index contributed by atoms with van der Waals surface area (Å²) in [5.74, 6) is -2.47. The second-order valence-electron chi connectivity index (χ2n) is 4.72. The highest BCUT2D eigenvalue weighted by molar-refractivity contribution is 5.86. The first-order valence-corrected chi connectivity index (χ1v) is 6.62. The number of nitrogens with one attached hydrogen (secondary N) is 1. The molecule has 9 heteroatoms. The summed E-state index contributed by atoms with van der Waals surface area (Å²) in [7, 11) is 0. The van der Waals surface area contributed by atoms with Crippen LogP contribution in [0.5, 0.6) is 0 Å². The Bertz CT molecular complexity index is 337. The van der Waals surface area contributed by atoms with E-state index < -0.39 is 48.9 Å². The van der Waals surface area contributed by atoms with Crippen molar-refractivity contribution in [3.8, 4) is 0 Å². The third-order valence-corrected chi connectivity index (χ3v) is 2.98. The van der Waals surface area contributed by atoms with Gasteiger partial charge in [-0.25, -0.2) is 4.79 Å². The maximum atomic E-state index is 11.6. The van der Waals surface area contributed by atoms with Gasteiger partial charge in [0.2, 0.25) is 0 Å². The minimum atomic E-state index is -2.13. The van der Waals surface area contributed by atoms with Crippen molar-refractivity contribution in [3.05, 3.63) is 0 Å². The second-order valence-corrected chi connectivity index (χ2v) is 4.72. The number of rotatable bonds is 10. The summed E-state index contributed by atoms with van der Waals surface area (Å²) in [4.78, 5) is 22.6. The predicted octanol–water partition coefficient (Wildman–Crippen LogP) is -2.82. The van der Waals surface area contributed by atoms with Crippen molar-refractivity contribution in [1.29, 1.82) is 0 Å². The highest BCUT2D eigenvalue weighted by atomic mass is 16.4. The molecule has 21 heavy (non-hydrogen) atoms. The minimum Gasteiger partial charge on any atom is -0.480 e. The van der Waals surface area contributed by atoms with Crippen molar-refractivity contribution in [1.82, 2.24) is 5.32 Å². The summed E-state index contributed by atoms with van der Waals surface area (Å²) in [5.41, 5.74) is 0. The number of unbranched alkanes of at least 4 members (excludes halogenated alkanes) is 1. The Morgan fingerprint density at radius 3 is 2.10 bits per heavy atom. The lowest BCUT2D eigenvalue weighted by atomic mass is 10.0. The number of aliphatic carboxylic acids is 1. The van der Waals surface area contributed by atoms with Gasteiger partial charge in [0, 0.05) is 0 Å². The number of carbonyl (C=O) groups is 2. The zero-order valence-electron chi connectivity index (χ0n) is 11.7. The smallest absolute Gasteiger partial charge is 0.326 e. The van der Waals surface area contributed by atoms with Gasteiger partial charge in [-0.05, 0) is 6.42 Å². The molecule has 0 rings (SSSR count). The van der Waals surface area contributed by atoms with Crippen molar-refractivity contribution in [3.63, 3.8) is 0 Å². The number of aliphatic hydroxyl groups excluding tert-OH is 5. The van der Waals surface area contributed by atoms with Crippen molar-refractivity contribution in [2.24, 2.45) is 0 Å². The van der Waals surface area contributed by atoms with Crippen LogP contribution in [0.2, 0.25) is 0 Å². The van der Waals surface area contributed by atoms with Gasteiger partial charge in [-0.3, -0.25) is 4.79 Å². The van der Waals surface area contributed by atoms with Crippen LogP contribution < -0.4 is 5.32 Å². The zero-order chi connectivity index (χ0) is 16.6. The van der Waals surface area contributed by atoms with Gasteiger partial charge in [-0.2, -0.15) is 0 Å². The van der Waals surface area contributed by atoms with Crippen molar-refractivity contribution >= 4 is 11.9 Å². The number of carbonyl (C=O) groups excluding carboxylic acids is 1. The lowest BCUT2D eigenvalue weighted by Gasteiger charge is -2.26. The Labute approximate surface area is 121 Å². The lowest BCUT2D eigenvalue weighted by molar-refractivity contribution is -0.153. The van der Waals surface area contributed by atoms with Crippen LogP contribution in [0.15, 0.2) is 0 Å². The van der Waals surface area contributed by atoms with Crippen LogP contribution in [-0.4, -0.2) is 79.6 Å². The van der Waals surface area contributed by atoms with E-state index in [-0.39, 0.29) is 6.42 Å². The number of carboxylic acid groups (broad SMARTS) is 1. The molecule has 0 aromatic rings. The van der Waals surface area contributed by atoms with Crippen LogP contribution in [0.25, 0.3) is 0 Å². The molecular weight excluding hydrogens is 286 g/mol. The fourth-order valence-electron chi connectivity index (χ4n) is 1.60. The summed E-state index contributed by atoms with van der Waals surface area (Å²) in [6.45, 7) is 0.965. The van der Waals surface area contributed by atoms with E-state index in [0.29, 0.717) is 12.8 Å². The molecule has 0 aliphatic rings. The molecule has 0 aromatic heterocycles. The fourth-order valence-corrected chi connectivity index (χ4v) is 1.60. The summed E-state index contributed by atoms with van der Waals surface area (Å²) < 4.78 is 0. The van der Waals surface area contributed by atoms with E-state index in [4.69, 9.17) is 15.3 Å². The Morgan fingerprint density at radius 2 is 1.67 bits per heavy atom. The Hall–Kier alpha value is -1.26. The topological polar surface area (TPSA) is 168 Å². The largest absolute Gasteiger partial charge is 0.480 e. The minimum absolute atomic E-state index is 0.155. The molecule has 1 amide bonds. The molecule has 0 saturated carbocycles. The highest BCUT2D eigenvalue weighted by Crippen LogP contribution is 2.07. The Balaban J connectivity index is 4.64. The van der Waals surface area contributed by atoms with E-state index in [2.05, 4.69) is 0 Å². The summed E-state index contributed by atoms with van der Waals surface area (Å²) >= 11 is 0. The van der Waals surface area contributed by atoms with Gasteiger partial charge in [0.1, 0.15) is 24.4 Å².